The van der Waals surface area contributed by atoms with Gasteiger partial charge in [0.25, 0.3) is 0 Å². The van der Waals surface area contributed by atoms with Crippen LogP contribution in [0.4, 0.5) is 0 Å². The van der Waals surface area contributed by atoms with Crippen LogP contribution in [0.1, 0.15) is 27.6 Å². The first kappa shape index (κ1) is 13.0. The zero-order valence-corrected chi connectivity index (χ0v) is 12.4. The van der Waals surface area contributed by atoms with Gasteiger partial charge in [0, 0.05) is 19.8 Å². The van der Waals surface area contributed by atoms with Gasteiger partial charge in [-0.05, 0) is 35.8 Å². The molecule has 0 spiro atoms. The summed E-state index contributed by atoms with van der Waals surface area (Å²) >= 11 is 3.46. The number of ketones is 1. The number of rotatable bonds is 3. The molecule has 2 heterocycles. The Morgan fingerprint density at radius 1 is 1.28 bits per heavy atom. The van der Waals surface area contributed by atoms with Gasteiger partial charge in [0.15, 0.2) is 5.78 Å². The van der Waals surface area contributed by atoms with Crippen LogP contribution < -0.4 is 0 Å². The summed E-state index contributed by atoms with van der Waals surface area (Å²) in [4.78, 5) is 12.2. The number of hydrogen-bond acceptors (Lipinski definition) is 3. The van der Waals surface area contributed by atoms with E-state index in [1.54, 1.807) is 15.4 Å². The number of aryl methyl sites for hydroxylation is 4. The lowest BCUT2D eigenvalue weighted by Gasteiger charge is -2.00. The Morgan fingerprint density at radius 3 is 2.39 bits per heavy atom. The number of carbonyl (C=O) groups is 1. The second kappa shape index (κ2) is 4.68. The van der Waals surface area contributed by atoms with Gasteiger partial charge in [0.2, 0.25) is 0 Å². The normalized spacial score (nSPS) is 10.9. The number of aromatic nitrogens is 4. The van der Waals surface area contributed by atoms with Crippen LogP contribution in [0.3, 0.4) is 0 Å². The summed E-state index contributed by atoms with van der Waals surface area (Å²) < 4.78 is 4.33. The molecule has 0 unspecified atom stereocenters. The molecule has 6 heteroatoms. The van der Waals surface area contributed by atoms with E-state index in [0.29, 0.717) is 12.1 Å². The minimum absolute atomic E-state index is 0.00222. The topological polar surface area (TPSA) is 52.7 Å². The van der Waals surface area contributed by atoms with Gasteiger partial charge in [-0.15, -0.1) is 0 Å². The lowest BCUT2D eigenvalue weighted by Crippen LogP contribution is -2.09. The molecule has 0 amide bonds. The molecular formula is C12H15BrN4O. The van der Waals surface area contributed by atoms with Crippen LogP contribution in [0.25, 0.3) is 0 Å². The fourth-order valence-corrected chi connectivity index (χ4v) is 2.29. The Labute approximate surface area is 114 Å². The van der Waals surface area contributed by atoms with E-state index >= 15 is 0 Å². The molecule has 18 heavy (non-hydrogen) atoms. The van der Waals surface area contributed by atoms with Crippen LogP contribution in [0.2, 0.25) is 0 Å². The van der Waals surface area contributed by atoms with E-state index < -0.39 is 0 Å². The maximum Gasteiger partial charge on any atom is 0.189 e. The van der Waals surface area contributed by atoms with Gasteiger partial charge in [-0.3, -0.25) is 14.2 Å². The van der Waals surface area contributed by atoms with Gasteiger partial charge >= 0.3 is 0 Å². The third-order valence-electron chi connectivity index (χ3n) is 2.99. The van der Waals surface area contributed by atoms with E-state index in [4.69, 9.17) is 0 Å². The summed E-state index contributed by atoms with van der Waals surface area (Å²) in [5.41, 5.74) is 3.23. The van der Waals surface area contributed by atoms with Crippen molar-refractivity contribution in [2.24, 2.45) is 14.1 Å². The highest BCUT2D eigenvalue weighted by atomic mass is 79.9. The highest BCUT2D eigenvalue weighted by Crippen LogP contribution is 2.21. The van der Waals surface area contributed by atoms with E-state index in [9.17, 15) is 4.79 Å². The minimum atomic E-state index is 0.00222. The van der Waals surface area contributed by atoms with Gasteiger partial charge < -0.3 is 0 Å². The molecule has 0 atom stereocenters. The molecular weight excluding hydrogens is 296 g/mol. The van der Waals surface area contributed by atoms with E-state index in [-0.39, 0.29) is 5.78 Å². The third kappa shape index (κ3) is 2.25. The summed E-state index contributed by atoms with van der Waals surface area (Å²) in [7, 11) is 3.67. The van der Waals surface area contributed by atoms with Crippen LogP contribution in [-0.4, -0.2) is 25.3 Å². The monoisotopic (exact) mass is 310 g/mol. The lowest BCUT2D eigenvalue weighted by molar-refractivity contribution is 0.0985. The predicted octanol–water partition coefficient (Wildman–Crippen LogP) is 1.96. The minimum Gasteiger partial charge on any atom is -0.292 e. The van der Waals surface area contributed by atoms with Crippen LogP contribution in [0.5, 0.6) is 0 Å². The molecule has 2 rings (SSSR count). The molecule has 0 aliphatic carbocycles. The van der Waals surface area contributed by atoms with E-state index in [2.05, 4.69) is 26.1 Å². The molecule has 0 N–H and O–H groups in total. The molecule has 96 valence electrons. The predicted molar refractivity (Wildman–Crippen MR) is 71.6 cm³/mol. The van der Waals surface area contributed by atoms with Crippen molar-refractivity contribution in [1.29, 1.82) is 0 Å². The summed E-state index contributed by atoms with van der Waals surface area (Å²) in [6.45, 7) is 3.83. The molecule has 0 aromatic carbocycles. The SMILES string of the molecule is Cc1nn(C)c(CC(=O)c2cc(C)n(C)n2)c1Br. The van der Waals surface area contributed by atoms with Crippen LogP contribution >= 0.6 is 15.9 Å². The average Bonchev–Trinajstić information content (AvgIpc) is 2.75. The molecule has 0 saturated carbocycles. The van der Waals surface area contributed by atoms with E-state index in [0.717, 1.165) is 21.6 Å². The number of carbonyl (C=O) groups excluding carboxylic acids is 1. The fourth-order valence-electron chi connectivity index (χ4n) is 1.81. The molecule has 0 saturated heterocycles. The van der Waals surface area contributed by atoms with Crippen molar-refractivity contribution in [2.45, 2.75) is 20.3 Å². The van der Waals surface area contributed by atoms with Gasteiger partial charge in [-0.1, -0.05) is 0 Å². The van der Waals surface area contributed by atoms with Crippen molar-refractivity contribution >= 4 is 21.7 Å². The average molecular weight is 311 g/mol. The van der Waals surface area contributed by atoms with Crippen molar-refractivity contribution in [2.75, 3.05) is 0 Å². The first-order valence-electron chi connectivity index (χ1n) is 5.62. The summed E-state index contributed by atoms with van der Waals surface area (Å²) in [5.74, 6) is 0.00222. The molecule has 2 aromatic rings. The zero-order chi connectivity index (χ0) is 13.4. The third-order valence-corrected chi connectivity index (χ3v) is 4.02. The number of Topliss-reactive ketones (excluding diaryl/α,β-unsaturated/α-hetero) is 1. The summed E-state index contributed by atoms with van der Waals surface area (Å²) in [5, 5.41) is 8.47. The van der Waals surface area contributed by atoms with Crippen LogP contribution in [0, 0.1) is 13.8 Å². The lowest BCUT2D eigenvalue weighted by atomic mass is 10.1. The van der Waals surface area contributed by atoms with Crippen molar-refractivity contribution < 1.29 is 4.79 Å². The second-order valence-electron chi connectivity index (χ2n) is 4.36. The van der Waals surface area contributed by atoms with Gasteiger partial charge in [0.1, 0.15) is 5.69 Å². The van der Waals surface area contributed by atoms with Crippen molar-refractivity contribution in [3.05, 3.63) is 33.3 Å². The Kier molecular flexibility index (Phi) is 3.38. The van der Waals surface area contributed by atoms with Crippen LogP contribution in [-0.2, 0) is 20.5 Å². The molecule has 0 radical (unpaired) electrons. The highest BCUT2D eigenvalue weighted by molar-refractivity contribution is 9.10. The second-order valence-corrected chi connectivity index (χ2v) is 5.16. The maximum absolute atomic E-state index is 12.2. The molecule has 0 aliphatic heterocycles. The smallest absolute Gasteiger partial charge is 0.189 e. The molecule has 0 bridgehead atoms. The number of halogens is 1. The molecule has 0 fully saturated rings. The Balaban J connectivity index is 2.26. The molecule has 0 aliphatic rings. The molecule has 5 nitrogen and oxygen atoms in total. The highest BCUT2D eigenvalue weighted by Gasteiger charge is 2.17. The number of nitrogens with zero attached hydrogens (tertiary/aromatic N) is 4. The van der Waals surface area contributed by atoms with Crippen molar-refractivity contribution in [3.63, 3.8) is 0 Å². The Morgan fingerprint density at radius 2 is 1.94 bits per heavy atom. The standard InChI is InChI=1S/C12H15BrN4O/c1-7-5-9(15-16(7)3)11(18)6-10-12(13)8(2)14-17(10)4/h5H,6H2,1-4H3. The number of hydrogen-bond donors (Lipinski definition) is 0. The van der Waals surface area contributed by atoms with Gasteiger partial charge in [-0.2, -0.15) is 10.2 Å². The van der Waals surface area contributed by atoms with Crippen molar-refractivity contribution in [3.8, 4) is 0 Å². The summed E-state index contributed by atoms with van der Waals surface area (Å²) in [6, 6.07) is 1.81. The van der Waals surface area contributed by atoms with E-state index in [1.165, 1.54) is 0 Å². The quantitative estimate of drug-likeness (QED) is 0.814. The maximum atomic E-state index is 12.2. The van der Waals surface area contributed by atoms with E-state index in [1.807, 2.05) is 27.9 Å². The Hall–Kier alpha value is -1.43. The van der Waals surface area contributed by atoms with Crippen molar-refractivity contribution in [1.82, 2.24) is 19.6 Å². The zero-order valence-electron chi connectivity index (χ0n) is 10.9. The van der Waals surface area contributed by atoms with Crippen LogP contribution in [0.15, 0.2) is 10.5 Å². The van der Waals surface area contributed by atoms with Gasteiger partial charge in [0.05, 0.1) is 22.3 Å². The largest absolute Gasteiger partial charge is 0.292 e. The van der Waals surface area contributed by atoms with Gasteiger partial charge in [-0.25, -0.2) is 0 Å². The fraction of sp³-hybridized carbons (Fsp3) is 0.417. The first-order chi connectivity index (χ1) is 8.40. The summed E-state index contributed by atoms with van der Waals surface area (Å²) in [6.07, 6.45) is 0.300. The molecule has 2 aromatic heterocycles. The Bertz CT molecular complexity index is 592. The first-order valence-corrected chi connectivity index (χ1v) is 6.41.